The highest BCUT2D eigenvalue weighted by molar-refractivity contribution is 7.99. The van der Waals surface area contributed by atoms with E-state index in [0.717, 1.165) is 10.9 Å². The molecule has 2 aromatic heterocycles. The van der Waals surface area contributed by atoms with E-state index in [-0.39, 0.29) is 5.91 Å². The minimum Gasteiger partial charge on any atom is -0.319 e. The van der Waals surface area contributed by atoms with E-state index < -0.39 is 9.52 Å². The monoisotopic (exact) mass is 407 g/mol. The first kappa shape index (κ1) is 18.3. The minimum absolute atomic E-state index is 0.282. The van der Waals surface area contributed by atoms with Gasteiger partial charge in [0.2, 0.25) is 0 Å². The lowest BCUT2D eigenvalue weighted by Gasteiger charge is -2.12. The third-order valence-electron chi connectivity index (χ3n) is 4.26. The molecule has 0 saturated carbocycles. The number of amides is 1. The van der Waals surface area contributed by atoms with Crippen LogP contribution in [-0.2, 0) is 9.52 Å². The van der Waals surface area contributed by atoms with Crippen molar-refractivity contribution in [3.8, 4) is 11.3 Å². The summed E-state index contributed by atoms with van der Waals surface area (Å²) >= 11 is 1.36. The third kappa shape index (κ3) is 3.54. The number of nitrogens with one attached hydrogen (secondary N) is 1. The van der Waals surface area contributed by atoms with Gasteiger partial charge in [0, 0.05) is 27.5 Å². The van der Waals surface area contributed by atoms with E-state index in [0.29, 0.717) is 27.5 Å². The first-order valence-corrected chi connectivity index (χ1v) is 11.5. The molecule has 2 heterocycles. The van der Waals surface area contributed by atoms with Crippen LogP contribution in [0.1, 0.15) is 10.5 Å². The van der Waals surface area contributed by atoms with Gasteiger partial charge in [0.25, 0.3) is 5.91 Å². The third-order valence-corrected chi connectivity index (χ3v) is 6.13. The molecule has 1 N–H and O–H groups in total. The van der Waals surface area contributed by atoms with Crippen molar-refractivity contribution in [2.24, 2.45) is 0 Å². The molecule has 4 aromatic rings. The number of nitrogens with zero attached hydrogens (tertiary/aromatic N) is 2. The summed E-state index contributed by atoms with van der Waals surface area (Å²) < 4.78 is 12.6. The van der Waals surface area contributed by atoms with E-state index in [4.69, 9.17) is 4.98 Å². The Hall–Kier alpha value is -3.03. The van der Waals surface area contributed by atoms with Crippen LogP contribution in [0.4, 0.5) is 5.69 Å². The number of benzene rings is 2. The molecule has 0 spiro atoms. The molecule has 2 aromatic carbocycles. The zero-order chi connectivity index (χ0) is 19.7. The fourth-order valence-electron chi connectivity index (χ4n) is 2.96. The number of carbonyl (C=O) groups excluding carboxylic acids is 1. The number of hydrogen-bond donors (Lipinski definition) is 1. The molecule has 0 saturated heterocycles. The maximum atomic E-state index is 12.6. The smallest absolute Gasteiger partial charge is 0.275 e. The molecule has 4 rings (SSSR count). The Morgan fingerprint density at radius 3 is 2.68 bits per heavy atom. The molecule has 0 aliphatic rings. The Labute approximate surface area is 167 Å². The van der Waals surface area contributed by atoms with Gasteiger partial charge in [0.15, 0.2) is 0 Å². The highest BCUT2D eigenvalue weighted by Crippen LogP contribution is 2.30. The van der Waals surface area contributed by atoms with Gasteiger partial charge in [-0.3, -0.25) is 9.00 Å². The second kappa shape index (κ2) is 7.18. The fraction of sp³-hybridized carbons (Fsp3) is 0.0476. The number of aromatic nitrogens is 2. The first-order valence-electron chi connectivity index (χ1n) is 8.44. The van der Waals surface area contributed by atoms with Crippen molar-refractivity contribution in [1.29, 1.82) is 0 Å². The summed E-state index contributed by atoms with van der Waals surface area (Å²) in [5.41, 5.74) is 4.69. The Morgan fingerprint density at radius 2 is 1.93 bits per heavy atom. The van der Waals surface area contributed by atoms with Crippen LogP contribution in [0, 0.1) is 0 Å². The Kier molecular flexibility index (Phi) is 4.70. The van der Waals surface area contributed by atoms with Gasteiger partial charge in [-0.15, -0.1) is 11.3 Å². The number of rotatable bonds is 4. The predicted molar refractivity (Wildman–Crippen MR) is 117 cm³/mol. The van der Waals surface area contributed by atoms with Gasteiger partial charge in [0.05, 0.1) is 22.4 Å². The standard InChI is InChI=1S/C21H17N3O2S2/c1-28(2,26)19-9-4-3-7-15(19)16-11-10-14-6-5-8-17(20(14)23-16)24-21(25)18-12-27-13-22-18/h3-13H,1H2,2H3,(H,24,25). The SMILES string of the molecule is C=S(C)(=O)c1ccccc1-c1ccc2cccc(NC(=O)c3cscn3)c2n1. The molecule has 1 unspecified atom stereocenters. The van der Waals surface area contributed by atoms with Gasteiger partial charge in [0.1, 0.15) is 5.69 Å². The van der Waals surface area contributed by atoms with E-state index in [2.05, 4.69) is 16.2 Å². The normalized spacial score (nSPS) is 13.2. The van der Waals surface area contributed by atoms with E-state index in [1.165, 1.54) is 11.3 Å². The molecule has 0 radical (unpaired) electrons. The number of carbonyl (C=O) groups is 1. The Morgan fingerprint density at radius 1 is 1.11 bits per heavy atom. The second-order valence-electron chi connectivity index (χ2n) is 6.40. The van der Waals surface area contributed by atoms with Crippen LogP contribution in [0.25, 0.3) is 22.2 Å². The largest absolute Gasteiger partial charge is 0.319 e. The van der Waals surface area contributed by atoms with Crippen LogP contribution in [0.2, 0.25) is 0 Å². The lowest BCUT2D eigenvalue weighted by molar-refractivity contribution is 0.102. The number of hydrogen-bond acceptors (Lipinski definition) is 5. The highest BCUT2D eigenvalue weighted by Gasteiger charge is 2.14. The molecular formula is C21H17N3O2S2. The van der Waals surface area contributed by atoms with Crippen LogP contribution >= 0.6 is 11.3 Å². The molecule has 0 aliphatic heterocycles. The van der Waals surface area contributed by atoms with Crippen molar-refractivity contribution in [2.45, 2.75) is 4.90 Å². The molecule has 7 heteroatoms. The fourth-order valence-corrected chi connectivity index (χ4v) is 4.50. The Balaban J connectivity index is 1.83. The van der Waals surface area contributed by atoms with Gasteiger partial charge >= 0.3 is 0 Å². The minimum atomic E-state index is -2.41. The van der Waals surface area contributed by atoms with Crippen LogP contribution < -0.4 is 5.32 Å². The van der Waals surface area contributed by atoms with E-state index in [1.54, 1.807) is 23.2 Å². The zero-order valence-electron chi connectivity index (χ0n) is 15.1. The molecule has 1 atom stereocenters. The average Bonchev–Trinajstić information content (AvgIpc) is 3.22. The zero-order valence-corrected chi connectivity index (χ0v) is 16.7. The molecule has 0 aliphatic carbocycles. The number of anilines is 1. The van der Waals surface area contributed by atoms with Crippen molar-refractivity contribution in [3.63, 3.8) is 0 Å². The topological polar surface area (TPSA) is 72.0 Å². The summed E-state index contributed by atoms with van der Waals surface area (Å²) in [6.07, 6.45) is 1.62. The maximum absolute atomic E-state index is 12.6. The van der Waals surface area contributed by atoms with Crippen LogP contribution in [0.3, 0.4) is 0 Å². The van der Waals surface area contributed by atoms with Crippen LogP contribution in [0.15, 0.2) is 70.4 Å². The van der Waals surface area contributed by atoms with Crippen molar-refractivity contribution in [2.75, 3.05) is 11.6 Å². The molecule has 0 bridgehead atoms. The molecular weight excluding hydrogens is 390 g/mol. The van der Waals surface area contributed by atoms with E-state index in [1.807, 2.05) is 48.5 Å². The van der Waals surface area contributed by atoms with Gasteiger partial charge in [-0.2, -0.15) is 0 Å². The summed E-state index contributed by atoms with van der Waals surface area (Å²) in [6.45, 7) is 0. The van der Waals surface area contributed by atoms with E-state index >= 15 is 0 Å². The predicted octanol–water partition coefficient (Wildman–Crippen LogP) is 4.32. The summed E-state index contributed by atoms with van der Waals surface area (Å²) in [5.74, 6) is 3.53. The lowest BCUT2D eigenvalue weighted by atomic mass is 10.1. The lowest BCUT2D eigenvalue weighted by Crippen LogP contribution is -2.12. The number of thiazole rings is 1. The van der Waals surface area contributed by atoms with Gasteiger partial charge in [-0.25, -0.2) is 9.97 Å². The summed E-state index contributed by atoms with van der Waals surface area (Å²) in [6, 6.07) is 16.8. The summed E-state index contributed by atoms with van der Waals surface area (Å²) in [4.78, 5) is 21.9. The van der Waals surface area contributed by atoms with E-state index in [9.17, 15) is 9.00 Å². The number of fused-ring (bicyclic) bond motifs is 1. The van der Waals surface area contributed by atoms with Gasteiger partial charge in [-0.05, 0) is 33.6 Å². The first-order chi connectivity index (χ1) is 13.4. The van der Waals surface area contributed by atoms with Crippen molar-refractivity contribution < 1.29 is 9.00 Å². The quantitative estimate of drug-likeness (QED) is 0.512. The molecule has 1 amide bonds. The summed E-state index contributed by atoms with van der Waals surface area (Å²) in [7, 11) is -2.41. The average molecular weight is 408 g/mol. The Bertz CT molecular complexity index is 1280. The summed E-state index contributed by atoms with van der Waals surface area (Å²) in [5, 5.41) is 5.47. The van der Waals surface area contributed by atoms with Gasteiger partial charge < -0.3 is 5.32 Å². The van der Waals surface area contributed by atoms with Crippen LogP contribution in [0.5, 0.6) is 0 Å². The molecule has 0 fully saturated rings. The van der Waals surface area contributed by atoms with Crippen molar-refractivity contribution >= 4 is 49.2 Å². The van der Waals surface area contributed by atoms with Crippen molar-refractivity contribution in [3.05, 3.63) is 71.2 Å². The number of pyridine rings is 1. The van der Waals surface area contributed by atoms with Crippen molar-refractivity contribution in [1.82, 2.24) is 9.97 Å². The number of para-hydroxylation sites is 1. The van der Waals surface area contributed by atoms with Gasteiger partial charge in [-0.1, -0.05) is 36.4 Å². The molecule has 28 heavy (non-hydrogen) atoms. The second-order valence-corrected chi connectivity index (χ2v) is 9.57. The van der Waals surface area contributed by atoms with Crippen LogP contribution in [-0.4, -0.2) is 32.2 Å². The molecule has 140 valence electrons. The maximum Gasteiger partial charge on any atom is 0.275 e. The highest BCUT2D eigenvalue weighted by atomic mass is 32.2. The molecule has 5 nitrogen and oxygen atoms in total.